The minimum atomic E-state index is -0.998. The fourth-order valence-electron chi connectivity index (χ4n) is 1.84. The van der Waals surface area contributed by atoms with Gasteiger partial charge >= 0.3 is 5.97 Å². The molecule has 0 radical (unpaired) electrons. The summed E-state index contributed by atoms with van der Waals surface area (Å²) < 4.78 is 0. The first-order valence-corrected chi connectivity index (χ1v) is 6.71. The van der Waals surface area contributed by atoms with Crippen LogP contribution in [0.5, 0.6) is 0 Å². The molecule has 1 aromatic carbocycles. The van der Waals surface area contributed by atoms with Gasteiger partial charge in [0.2, 0.25) is 0 Å². The number of hydrogen-bond donors (Lipinski definition) is 2. The van der Waals surface area contributed by atoms with E-state index in [9.17, 15) is 4.79 Å². The number of unbranched alkanes of at least 4 members (excludes halogenated alkanes) is 2. The van der Waals surface area contributed by atoms with Gasteiger partial charge in [0.15, 0.2) is 0 Å². The van der Waals surface area contributed by atoms with E-state index in [1.165, 1.54) is 19.3 Å². The molecule has 0 saturated heterocycles. The van der Waals surface area contributed by atoms with Crippen molar-refractivity contribution in [1.82, 2.24) is 0 Å². The highest BCUT2D eigenvalue weighted by Gasteiger charge is 2.10. The Bertz CT molecular complexity index is 407. The molecule has 18 heavy (non-hydrogen) atoms. The van der Waals surface area contributed by atoms with E-state index in [-0.39, 0.29) is 10.6 Å². The van der Waals surface area contributed by atoms with Gasteiger partial charge in [0.05, 0.1) is 10.6 Å². The predicted octanol–water partition coefficient (Wildman–Crippen LogP) is 4.42. The molecule has 1 rings (SSSR count). The Morgan fingerprint density at radius 2 is 2.17 bits per heavy atom. The van der Waals surface area contributed by atoms with E-state index in [1.54, 1.807) is 12.1 Å². The quantitative estimate of drug-likeness (QED) is 0.721. The second-order valence-corrected chi connectivity index (χ2v) is 4.95. The van der Waals surface area contributed by atoms with E-state index in [2.05, 4.69) is 19.2 Å². The van der Waals surface area contributed by atoms with Crippen LogP contribution >= 0.6 is 11.6 Å². The summed E-state index contributed by atoms with van der Waals surface area (Å²) in [6.45, 7) is 4.28. The molecular weight excluding hydrogens is 250 g/mol. The normalized spacial score (nSPS) is 12.2. The maximum absolute atomic E-state index is 11.0. The van der Waals surface area contributed by atoms with E-state index < -0.39 is 5.97 Å². The number of halogens is 1. The zero-order valence-electron chi connectivity index (χ0n) is 10.9. The Hall–Kier alpha value is -1.22. The molecule has 100 valence electrons. The van der Waals surface area contributed by atoms with Crippen molar-refractivity contribution in [3.05, 3.63) is 28.8 Å². The molecule has 0 aliphatic heterocycles. The summed E-state index contributed by atoms with van der Waals surface area (Å²) >= 11 is 5.82. The van der Waals surface area contributed by atoms with Crippen LogP contribution in [0.25, 0.3) is 0 Å². The summed E-state index contributed by atoms with van der Waals surface area (Å²) in [4.78, 5) is 11.0. The first-order valence-electron chi connectivity index (χ1n) is 6.34. The van der Waals surface area contributed by atoms with E-state index in [1.807, 2.05) is 6.07 Å². The number of carboxylic acid groups (broad SMARTS) is 1. The van der Waals surface area contributed by atoms with Crippen LogP contribution in [0.1, 0.15) is 49.9 Å². The summed E-state index contributed by atoms with van der Waals surface area (Å²) in [6, 6.07) is 5.34. The van der Waals surface area contributed by atoms with Crippen LogP contribution in [0, 0.1) is 0 Å². The van der Waals surface area contributed by atoms with E-state index in [0.29, 0.717) is 6.04 Å². The average Bonchev–Trinajstić information content (AvgIpc) is 2.31. The van der Waals surface area contributed by atoms with Gasteiger partial charge < -0.3 is 10.4 Å². The average molecular weight is 270 g/mol. The maximum atomic E-state index is 11.0. The molecular formula is C14H20ClNO2. The summed E-state index contributed by atoms with van der Waals surface area (Å²) in [5.41, 5.74) is 0.947. The van der Waals surface area contributed by atoms with Crippen molar-refractivity contribution in [2.24, 2.45) is 0 Å². The molecule has 0 heterocycles. The Balaban J connectivity index is 2.62. The van der Waals surface area contributed by atoms with Gasteiger partial charge in [-0.3, -0.25) is 0 Å². The molecule has 0 aliphatic rings. The molecule has 0 spiro atoms. The number of carboxylic acids is 1. The number of benzene rings is 1. The molecule has 0 bridgehead atoms. The highest BCUT2D eigenvalue weighted by Crippen LogP contribution is 2.21. The monoisotopic (exact) mass is 269 g/mol. The molecule has 0 aliphatic carbocycles. The fraction of sp³-hybridized carbons (Fsp3) is 0.500. The van der Waals surface area contributed by atoms with Gasteiger partial charge in [-0.15, -0.1) is 0 Å². The summed E-state index contributed by atoms with van der Waals surface area (Å²) in [6.07, 6.45) is 4.70. The van der Waals surface area contributed by atoms with Gasteiger partial charge in [0, 0.05) is 11.7 Å². The lowest BCUT2D eigenvalue weighted by atomic mass is 10.1. The minimum Gasteiger partial charge on any atom is -0.478 e. The van der Waals surface area contributed by atoms with Crippen molar-refractivity contribution >= 4 is 23.3 Å². The van der Waals surface area contributed by atoms with Gasteiger partial charge in [0.25, 0.3) is 0 Å². The lowest BCUT2D eigenvalue weighted by molar-refractivity contribution is 0.0697. The molecule has 1 atom stereocenters. The zero-order chi connectivity index (χ0) is 13.5. The first-order chi connectivity index (χ1) is 8.54. The molecule has 0 aromatic heterocycles. The van der Waals surface area contributed by atoms with E-state index >= 15 is 0 Å². The zero-order valence-corrected chi connectivity index (χ0v) is 11.6. The molecule has 1 aromatic rings. The van der Waals surface area contributed by atoms with Crippen molar-refractivity contribution in [3.63, 3.8) is 0 Å². The Kier molecular flexibility index (Phi) is 5.99. The number of nitrogens with one attached hydrogen (secondary N) is 1. The maximum Gasteiger partial charge on any atom is 0.337 e. The SMILES string of the molecule is CCCCCC(C)Nc1ccc(Cl)c(C(=O)O)c1. The fourth-order valence-corrected chi connectivity index (χ4v) is 2.03. The van der Waals surface area contributed by atoms with Crippen LogP contribution in [0.15, 0.2) is 18.2 Å². The first kappa shape index (κ1) is 14.8. The summed E-state index contributed by atoms with van der Waals surface area (Å²) in [5.74, 6) is -0.998. The topological polar surface area (TPSA) is 49.3 Å². The van der Waals surface area contributed by atoms with Gasteiger partial charge in [0.1, 0.15) is 0 Å². The number of aromatic carboxylic acids is 1. The third kappa shape index (κ3) is 4.57. The number of hydrogen-bond acceptors (Lipinski definition) is 2. The van der Waals surface area contributed by atoms with Gasteiger partial charge in [-0.25, -0.2) is 4.79 Å². The van der Waals surface area contributed by atoms with Crippen molar-refractivity contribution in [2.45, 2.75) is 45.6 Å². The van der Waals surface area contributed by atoms with Crippen LogP contribution in [0.4, 0.5) is 5.69 Å². The molecule has 2 N–H and O–H groups in total. The lowest BCUT2D eigenvalue weighted by Crippen LogP contribution is -2.15. The third-order valence-electron chi connectivity index (χ3n) is 2.85. The second-order valence-electron chi connectivity index (χ2n) is 4.54. The van der Waals surface area contributed by atoms with Crippen molar-refractivity contribution in [3.8, 4) is 0 Å². The van der Waals surface area contributed by atoms with Crippen LogP contribution in [0.3, 0.4) is 0 Å². The Morgan fingerprint density at radius 1 is 1.44 bits per heavy atom. The molecule has 1 unspecified atom stereocenters. The lowest BCUT2D eigenvalue weighted by Gasteiger charge is -2.15. The van der Waals surface area contributed by atoms with Gasteiger partial charge in [-0.2, -0.15) is 0 Å². The highest BCUT2D eigenvalue weighted by molar-refractivity contribution is 6.33. The molecule has 0 fully saturated rings. The minimum absolute atomic E-state index is 0.141. The van der Waals surface area contributed by atoms with Crippen LogP contribution in [-0.2, 0) is 0 Å². The highest BCUT2D eigenvalue weighted by atomic mass is 35.5. The van der Waals surface area contributed by atoms with E-state index in [0.717, 1.165) is 12.1 Å². The standard InChI is InChI=1S/C14H20ClNO2/c1-3-4-5-6-10(2)16-11-7-8-13(15)12(9-11)14(17)18/h7-10,16H,3-6H2,1-2H3,(H,17,18). The third-order valence-corrected chi connectivity index (χ3v) is 3.18. The Morgan fingerprint density at radius 3 is 2.78 bits per heavy atom. The second kappa shape index (κ2) is 7.27. The molecule has 0 saturated carbocycles. The molecule has 0 amide bonds. The van der Waals surface area contributed by atoms with Gasteiger partial charge in [-0.05, 0) is 31.5 Å². The molecule has 3 nitrogen and oxygen atoms in total. The molecule has 4 heteroatoms. The van der Waals surface area contributed by atoms with Crippen molar-refractivity contribution < 1.29 is 9.90 Å². The van der Waals surface area contributed by atoms with Crippen molar-refractivity contribution in [1.29, 1.82) is 0 Å². The smallest absolute Gasteiger partial charge is 0.337 e. The van der Waals surface area contributed by atoms with Crippen LogP contribution in [0.2, 0.25) is 5.02 Å². The van der Waals surface area contributed by atoms with Crippen LogP contribution < -0.4 is 5.32 Å². The largest absolute Gasteiger partial charge is 0.478 e. The number of rotatable bonds is 7. The Labute approximate surface area is 113 Å². The van der Waals surface area contributed by atoms with Crippen molar-refractivity contribution in [2.75, 3.05) is 5.32 Å². The summed E-state index contributed by atoms with van der Waals surface area (Å²) in [5, 5.41) is 12.6. The van der Waals surface area contributed by atoms with Gasteiger partial charge in [-0.1, -0.05) is 37.8 Å². The van der Waals surface area contributed by atoms with E-state index in [4.69, 9.17) is 16.7 Å². The van der Waals surface area contributed by atoms with Crippen LogP contribution in [-0.4, -0.2) is 17.1 Å². The predicted molar refractivity (Wildman–Crippen MR) is 75.6 cm³/mol. The number of carbonyl (C=O) groups is 1. The number of anilines is 1. The summed E-state index contributed by atoms with van der Waals surface area (Å²) in [7, 11) is 0.